The van der Waals surface area contributed by atoms with Gasteiger partial charge < -0.3 is 9.53 Å². The van der Waals surface area contributed by atoms with E-state index in [0.717, 1.165) is 19.3 Å². The smallest absolute Gasteiger partial charge is 0.261 e. The van der Waals surface area contributed by atoms with Crippen LogP contribution in [0.1, 0.15) is 47.0 Å². The highest BCUT2D eigenvalue weighted by Gasteiger charge is 2.52. The first-order chi connectivity index (χ1) is 11.7. The molecule has 1 aliphatic carbocycles. The lowest BCUT2D eigenvalue weighted by atomic mass is 10.1. The molecule has 3 rings (SSSR count). The van der Waals surface area contributed by atoms with Crippen LogP contribution in [-0.2, 0) is 4.43 Å². The van der Waals surface area contributed by atoms with E-state index in [-0.39, 0.29) is 11.1 Å². The van der Waals surface area contributed by atoms with Crippen molar-refractivity contribution >= 4 is 18.7 Å². The predicted molar refractivity (Wildman–Crippen MR) is 107 cm³/mol. The zero-order chi connectivity index (χ0) is 18.1. The quantitative estimate of drug-likeness (QED) is 0.845. The molecule has 0 aliphatic heterocycles. The maximum absolute atomic E-state index is 10.4. The third-order valence-corrected chi connectivity index (χ3v) is 10.5. The molecule has 1 N–H and O–H groups in total. The molecule has 2 nitrogen and oxygen atoms in total. The van der Waals surface area contributed by atoms with Gasteiger partial charge in [-0.15, -0.1) is 0 Å². The van der Waals surface area contributed by atoms with Crippen molar-refractivity contribution in [2.45, 2.75) is 63.7 Å². The van der Waals surface area contributed by atoms with Gasteiger partial charge in [-0.3, -0.25) is 0 Å². The zero-order valence-electron chi connectivity index (χ0n) is 15.8. The van der Waals surface area contributed by atoms with E-state index in [1.165, 1.54) is 10.4 Å². The minimum absolute atomic E-state index is 0.00977. The lowest BCUT2D eigenvalue weighted by Crippen LogP contribution is -2.67. The van der Waals surface area contributed by atoms with Gasteiger partial charge in [0.2, 0.25) is 0 Å². The van der Waals surface area contributed by atoms with Gasteiger partial charge in [0.15, 0.2) is 0 Å². The van der Waals surface area contributed by atoms with Crippen molar-refractivity contribution < 1.29 is 9.53 Å². The summed E-state index contributed by atoms with van der Waals surface area (Å²) in [4.78, 5) is 0. The van der Waals surface area contributed by atoms with Crippen LogP contribution in [0.2, 0.25) is 5.04 Å². The Morgan fingerprint density at radius 2 is 1.44 bits per heavy atom. The maximum atomic E-state index is 10.4. The summed E-state index contributed by atoms with van der Waals surface area (Å²) in [5.41, 5.74) is -0.601. The summed E-state index contributed by atoms with van der Waals surface area (Å²) >= 11 is 0. The van der Waals surface area contributed by atoms with Crippen LogP contribution in [0.4, 0.5) is 0 Å². The Balaban J connectivity index is 2.13. The Kier molecular flexibility index (Phi) is 4.93. The molecule has 2 atom stereocenters. The van der Waals surface area contributed by atoms with E-state index in [9.17, 15) is 5.11 Å². The fourth-order valence-electron chi connectivity index (χ4n) is 4.21. The topological polar surface area (TPSA) is 29.5 Å². The molecular formula is C22H30O2Si. The van der Waals surface area contributed by atoms with E-state index in [2.05, 4.69) is 81.4 Å². The summed E-state index contributed by atoms with van der Waals surface area (Å²) in [5, 5.41) is 13.0. The highest BCUT2D eigenvalue weighted by molar-refractivity contribution is 6.99. The summed E-state index contributed by atoms with van der Waals surface area (Å²) in [6, 6.07) is 21.5. The van der Waals surface area contributed by atoms with E-state index >= 15 is 0 Å². The van der Waals surface area contributed by atoms with Crippen LogP contribution in [0.25, 0.3) is 0 Å². The SMILES string of the molecule is CC1(O)CCC(O[Si](c2ccccc2)(c2ccccc2)C(C)(C)C)C1. The molecule has 0 radical (unpaired) electrons. The second kappa shape index (κ2) is 6.71. The van der Waals surface area contributed by atoms with E-state index in [1.807, 2.05) is 6.92 Å². The second-order valence-electron chi connectivity index (χ2n) is 8.64. The monoisotopic (exact) mass is 354 g/mol. The Morgan fingerprint density at radius 3 is 1.80 bits per heavy atom. The van der Waals surface area contributed by atoms with Gasteiger partial charge in [0, 0.05) is 12.5 Å². The van der Waals surface area contributed by atoms with E-state index < -0.39 is 13.9 Å². The third kappa shape index (κ3) is 3.59. The molecule has 0 amide bonds. The van der Waals surface area contributed by atoms with Gasteiger partial charge >= 0.3 is 0 Å². The van der Waals surface area contributed by atoms with E-state index in [4.69, 9.17) is 4.43 Å². The molecule has 134 valence electrons. The van der Waals surface area contributed by atoms with Crippen molar-refractivity contribution in [1.82, 2.24) is 0 Å². The summed E-state index contributed by atoms with van der Waals surface area (Å²) in [6.45, 7) is 8.83. The largest absolute Gasteiger partial charge is 0.404 e. The van der Waals surface area contributed by atoms with Crippen LogP contribution in [0.15, 0.2) is 60.7 Å². The summed E-state index contributed by atoms with van der Waals surface area (Å²) in [5.74, 6) is 0. The molecule has 0 saturated heterocycles. The van der Waals surface area contributed by atoms with Crippen molar-refractivity contribution in [3.05, 3.63) is 60.7 Å². The summed E-state index contributed by atoms with van der Waals surface area (Å²) < 4.78 is 7.05. The van der Waals surface area contributed by atoms with Crippen molar-refractivity contribution in [1.29, 1.82) is 0 Å². The lowest BCUT2D eigenvalue weighted by molar-refractivity contribution is 0.0529. The van der Waals surface area contributed by atoms with Crippen molar-refractivity contribution in [3.8, 4) is 0 Å². The molecule has 25 heavy (non-hydrogen) atoms. The van der Waals surface area contributed by atoms with Crippen molar-refractivity contribution in [2.75, 3.05) is 0 Å². The zero-order valence-corrected chi connectivity index (χ0v) is 16.8. The van der Waals surface area contributed by atoms with Crippen LogP contribution in [0, 0.1) is 0 Å². The number of benzene rings is 2. The van der Waals surface area contributed by atoms with Gasteiger partial charge in [0.25, 0.3) is 8.32 Å². The first kappa shape index (κ1) is 18.4. The molecular weight excluding hydrogens is 324 g/mol. The lowest BCUT2D eigenvalue weighted by Gasteiger charge is -2.44. The molecule has 2 aromatic rings. The maximum Gasteiger partial charge on any atom is 0.261 e. The molecule has 0 heterocycles. The Bertz CT molecular complexity index is 649. The van der Waals surface area contributed by atoms with Crippen LogP contribution in [0.5, 0.6) is 0 Å². The van der Waals surface area contributed by atoms with Gasteiger partial charge in [-0.05, 0) is 35.2 Å². The minimum Gasteiger partial charge on any atom is -0.404 e. The Hall–Kier alpha value is -1.42. The molecule has 0 spiro atoms. The molecule has 0 bridgehead atoms. The average Bonchev–Trinajstić information content (AvgIpc) is 2.92. The Labute approximate surface area is 153 Å². The standard InChI is InChI=1S/C22H30O2Si/c1-21(2,3)25(19-11-7-5-8-12-19,20-13-9-6-10-14-20)24-18-15-16-22(4,23)17-18/h5-14,18,23H,15-17H2,1-4H3. The molecule has 2 aromatic carbocycles. The first-order valence-corrected chi connectivity index (χ1v) is 11.2. The highest BCUT2D eigenvalue weighted by Crippen LogP contribution is 2.41. The fraction of sp³-hybridized carbons (Fsp3) is 0.455. The van der Waals surface area contributed by atoms with Crippen LogP contribution in [-0.4, -0.2) is 25.1 Å². The number of rotatable bonds is 4. The van der Waals surface area contributed by atoms with Crippen molar-refractivity contribution in [3.63, 3.8) is 0 Å². The number of hydrogen-bond acceptors (Lipinski definition) is 2. The van der Waals surface area contributed by atoms with Gasteiger partial charge in [0.1, 0.15) is 0 Å². The first-order valence-electron chi connectivity index (χ1n) is 9.26. The van der Waals surface area contributed by atoms with Gasteiger partial charge in [-0.25, -0.2) is 0 Å². The van der Waals surface area contributed by atoms with E-state index in [0.29, 0.717) is 0 Å². The average molecular weight is 355 g/mol. The van der Waals surface area contributed by atoms with Gasteiger partial charge in [-0.2, -0.15) is 0 Å². The van der Waals surface area contributed by atoms with Gasteiger partial charge in [0.05, 0.1) is 5.60 Å². The van der Waals surface area contributed by atoms with Crippen LogP contribution >= 0.6 is 0 Å². The number of aliphatic hydroxyl groups is 1. The van der Waals surface area contributed by atoms with E-state index in [1.54, 1.807) is 0 Å². The summed E-state index contributed by atoms with van der Waals surface area (Å²) in [6.07, 6.45) is 2.58. The molecule has 1 saturated carbocycles. The summed E-state index contributed by atoms with van der Waals surface area (Å²) in [7, 11) is -2.49. The molecule has 0 aromatic heterocycles. The molecule has 3 heteroatoms. The highest BCUT2D eigenvalue weighted by atomic mass is 28.4. The van der Waals surface area contributed by atoms with Crippen LogP contribution in [0.3, 0.4) is 0 Å². The van der Waals surface area contributed by atoms with Crippen molar-refractivity contribution in [2.24, 2.45) is 0 Å². The normalized spacial score (nSPS) is 24.4. The number of hydrogen-bond donors (Lipinski definition) is 1. The third-order valence-electron chi connectivity index (χ3n) is 5.43. The Morgan fingerprint density at radius 1 is 0.960 bits per heavy atom. The van der Waals surface area contributed by atoms with Crippen LogP contribution < -0.4 is 10.4 Å². The van der Waals surface area contributed by atoms with Gasteiger partial charge in [-0.1, -0.05) is 81.4 Å². The predicted octanol–water partition coefficient (Wildman–Crippen LogP) is 3.87. The molecule has 1 fully saturated rings. The minimum atomic E-state index is -2.49. The molecule has 2 unspecified atom stereocenters. The molecule has 1 aliphatic rings. The second-order valence-corrected chi connectivity index (χ2v) is 12.9. The fourth-order valence-corrected chi connectivity index (χ4v) is 8.92.